The summed E-state index contributed by atoms with van der Waals surface area (Å²) in [6.45, 7) is 2.17. The molecule has 132 valence electrons. The van der Waals surface area contributed by atoms with Gasteiger partial charge >= 0.3 is 0 Å². The molecule has 4 aliphatic rings. The van der Waals surface area contributed by atoms with Gasteiger partial charge in [-0.15, -0.1) is 0 Å². The van der Waals surface area contributed by atoms with Gasteiger partial charge in [0.1, 0.15) is 11.4 Å². The van der Waals surface area contributed by atoms with Gasteiger partial charge in [-0.3, -0.25) is 14.5 Å². The van der Waals surface area contributed by atoms with Gasteiger partial charge < -0.3 is 14.6 Å². The second kappa shape index (κ2) is 5.17. The van der Waals surface area contributed by atoms with Gasteiger partial charge in [-0.1, -0.05) is 30.2 Å². The predicted octanol–water partition coefficient (Wildman–Crippen LogP) is 1.33. The van der Waals surface area contributed by atoms with Gasteiger partial charge in [0, 0.05) is 12.1 Å². The van der Waals surface area contributed by atoms with Crippen LogP contribution in [0, 0.1) is 18.8 Å². The molecule has 1 aliphatic carbocycles. The summed E-state index contributed by atoms with van der Waals surface area (Å²) in [5.41, 5.74) is -0.716. The average Bonchev–Trinajstić information content (AvgIpc) is 3.36. The molecule has 3 fully saturated rings. The van der Waals surface area contributed by atoms with E-state index in [1.54, 1.807) is 17.9 Å². The van der Waals surface area contributed by atoms with Crippen LogP contribution in [-0.4, -0.2) is 41.3 Å². The van der Waals surface area contributed by atoms with Crippen LogP contribution in [0.25, 0.3) is 0 Å². The van der Waals surface area contributed by atoms with E-state index >= 15 is 0 Å². The minimum absolute atomic E-state index is 0.0559. The number of ether oxygens (including phenoxy) is 1. The number of amides is 2. The lowest BCUT2D eigenvalue weighted by Gasteiger charge is -2.24. The quantitative estimate of drug-likeness (QED) is 0.837. The molecule has 4 heterocycles. The zero-order valence-electron chi connectivity index (χ0n) is 14.1. The first-order valence-corrected chi connectivity index (χ1v) is 9.00. The number of carbonyl (C=O) groups is 2. The third kappa shape index (κ3) is 2.11. The number of anilines is 1. The fourth-order valence-electron chi connectivity index (χ4n) is 4.84. The molecule has 1 spiro atoms. The van der Waals surface area contributed by atoms with Crippen LogP contribution in [0.4, 0.5) is 5.82 Å². The van der Waals surface area contributed by atoms with E-state index in [0.717, 1.165) is 25.7 Å². The van der Waals surface area contributed by atoms with Crippen LogP contribution < -0.4 is 10.2 Å². The van der Waals surface area contributed by atoms with Gasteiger partial charge in [-0.2, -0.15) is 0 Å². The lowest BCUT2D eigenvalue weighted by molar-refractivity contribution is -0.132. The van der Waals surface area contributed by atoms with E-state index in [0.29, 0.717) is 18.1 Å². The molecular formula is C18H21N3O4. The SMILES string of the molecule is Cc1cc(N2C[C@]34C=CC(O3)C(C(=O)NC3CCCC3)C4C2=O)no1. The van der Waals surface area contributed by atoms with E-state index < -0.39 is 17.4 Å². The van der Waals surface area contributed by atoms with Crippen LogP contribution in [0.15, 0.2) is 22.7 Å². The van der Waals surface area contributed by atoms with E-state index in [-0.39, 0.29) is 24.0 Å². The molecule has 4 atom stereocenters. The van der Waals surface area contributed by atoms with Crippen molar-refractivity contribution < 1.29 is 18.8 Å². The van der Waals surface area contributed by atoms with Gasteiger partial charge in [-0.05, 0) is 19.8 Å². The van der Waals surface area contributed by atoms with Gasteiger partial charge in [0.25, 0.3) is 0 Å². The Morgan fingerprint density at radius 3 is 2.92 bits per heavy atom. The number of fused-ring (bicyclic) bond motifs is 1. The number of carbonyl (C=O) groups excluding carboxylic acids is 2. The third-order valence-electron chi connectivity index (χ3n) is 6.00. The molecule has 1 aromatic heterocycles. The molecule has 0 radical (unpaired) electrons. The molecule has 0 aromatic carbocycles. The van der Waals surface area contributed by atoms with Crippen molar-refractivity contribution in [1.82, 2.24) is 10.5 Å². The number of nitrogens with zero attached hydrogens (tertiary/aromatic N) is 2. The number of nitrogens with one attached hydrogen (secondary N) is 1. The summed E-state index contributed by atoms with van der Waals surface area (Å²) in [5, 5.41) is 7.09. The molecule has 3 unspecified atom stereocenters. The Balaban J connectivity index is 1.42. The Bertz CT molecular complexity index is 766. The topological polar surface area (TPSA) is 84.7 Å². The number of hydrogen-bond acceptors (Lipinski definition) is 5. The first-order chi connectivity index (χ1) is 12.1. The van der Waals surface area contributed by atoms with E-state index in [4.69, 9.17) is 9.26 Å². The standard InChI is InChI=1S/C18H21N3O4/c1-10-8-13(20-25-10)21-9-18-7-6-12(24-18)14(15(18)17(21)23)16(22)19-11-4-2-3-5-11/h6-8,11-12,14-15H,2-5,9H2,1H3,(H,19,22)/t12?,14?,15?,18-/m0/s1. The second-order valence-electron chi connectivity index (χ2n) is 7.61. The van der Waals surface area contributed by atoms with Crippen molar-refractivity contribution >= 4 is 17.6 Å². The Kier molecular flexibility index (Phi) is 3.13. The van der Waals surface area contributed by atoms with Crippen LogP contribution in [0.2, 0.25) is 0 Å². The largest absolute Gasteiger partial charge is 0.360 e. The summed E-state index contributed by atoms with van der Waals surface area (Å²) in [5.74, 6) is 0.0266. The van der Waals surface area contributed by atoms with Crippen molar-refractivity contribution in [2.45, 2.75) is 50.4 Å². The van der Waals surface area contributed by atoms with Gasteiger partial charge in [0.15, 0.2) is 5.82 Å². The third-order valence-corrected chi connectivity index (χ3v) is 6.00. The zero-order chi connectivity index (χ0) is 17.2. The summed E-state index contributed by atoms with van der Waals surface area (Å²) in [4.78, 5) is 27.6. The molecule has 2 saturated heterocycles. The van der Waals surface area contributed by atoms with Crippen LogP contribution in [0.1, 0.15) is 31.4 Å². The highest BCUT2D eigenvalue weighted by molar-refractivity contribution is 6.02. The molecule has 2 amide bonds. The summed E-state index contributed by atoms with van der Waals surface area (Å²) in [7, 11) is 0. The molecule has 7 heteroatoms. The monoisotopic (exact) mass is 343 g/mol. The maximum absolute atomic E-state index is 13.1. The fourth-order valence-corrected chi connectivity index (χ4v) is 4.84. The average molecular weight is 343 g/mol. The summed E-state index contributed by atoms with van der Waals surface area (Å²) in [6, 6.07) is 1.97. The summed E-state index contributed by atoms with van der Waals surface area (Å²) >= 11 is 0. The first kappa shape index (κ1) is 15.1. The number of aromatic nitrogens is 1. The van der Waals surface area contributed by atoms with E-state index in [2.05, 4.69) is 10.5 Å². The lowest BCUT2D eigenvalue weighted by Crippen LogP contribution is -2.46. The number of hydrogen-bond donors (Lipinski definition) is 1. The van der Waals surface area contributed by atoms with Gasteiger partial charge in [0.05, 0.1) is 24.5 Å². The molecular weight excluding hydrogens is 322 g/mol. The summed E-state index contributed by atoms with van der Waals surface area (Å²) < 4.78 is 11.2. The molecule has 1 saturated carbocycles. The number of rotatable bonds is 3. The zero-order valence-corrected chi connectivity index (χ0v) is 14.1. The van der Waals surface area contributed by atoms with Crippen LogP contribution >= 0.6 is 0 Å². The number of aryl methyl sites for hydroxylation is 1. The van der Waals surface area contributed by atoms with E-state index in [9.17, 15) is 9.59 Å². The van der Waals surface area contributed by atoms with Gasteiger partial charge in [0.2, 0.25) is 11.8 Å². The van der Waals surface area contributed by atoms with Crippen LogP contribution in [-0.2, 0) is 14.3 Å². The first-order valence-electron chi connectivity index (χ1n) is 9.00. The van der Waals surface area contributed by atoms with Crippen molar-refractivity contribution in [3.63, 3.8) is 0 Å². The van der Waals surface area contributed by atoms with Crippen molar-refractivity contribution in [3.8, 4) is 0 Å². The lowest BCUT2D eigenvalue weighted by atomic mass is 9.76. The van der Waals surface area contributed by atoms with E-state index in [1.807, 2.05) is 12.2 Å². The fraction of sp³-hybridized carbons (Fsp3) is 0.611. The van der Waals surface area contributed by atoms with Crippen molar-refractivity contribution in [1.29, 1.82) is 0 Å². The Morgan fingerprint density at radius 2 is 2.20 bits per heavy atom. The van der Waals surface area contributed by atoms with Gasteiger partial charge in [-0.25, -0.2) is 0 Å². The van der Waals surface area contributed by atoms with Crippen molar-refractivity contribution in [2.24, 2.45) is 11.8 Å². The smallest absolute Gasteiger partial charge is 0.235 e. The highest BCUT2D eigenvalue weighted by Crippen LogP contribution is 2.52. The van der Waals surface area contributed by atoms with Crippen LogP contribution in [0.3, 0.4) is 0 Å². The Labute approximate surface area is 145 Å². The maximum Gasteiger partial charge on any atom is 0.235 e. The van der Waals surface area contributed by atoms with Crippen LogP contribution in [0.5, 0.6) is 0 Å². The van der Waals surface area contributed by atoms with E-state index in [1.165, 1.54) is 0 Å². The second-order valence-corrected chi connectivity index (χ2v) is 7.61. The molecule has 25 heavy (non-hydrogen) atoms. The minimum atomic E-state index is -0.716. The van der Waals surface area contributed by atoms with Crippen molar-refractivity contribution in [2.75, 3.05) is 11.4 Å². The molecule has 3 aliphatic heterocycles. The molecule has 1 aromatic rings. The minimum Gasteiger partial charge on any atom is -0.360 e. The predicted molar refractivity (Wildman–Crippen MR) is 87.7 cm³/mol. The van der Waals surface area contributed by atoms with Crippen molar-refractivity contribution in [3.05, 3.63) is 24.0 Å². The summed E-state index contributed by atoms with van der Waals surface area (Å²) in [6.07, 6.45) is 7.92. The Morgan fingerprint density at radius 1 is 1.40 bits per heavy atom. The Hall–Kier alpha value is -2.15. The molecule has 1 N–H and O–H groups in total. The highest BCUT2D eigenvalue weighted by atomic mass is 16.5. The molecule has 5 rings (SSSR count). The maximum atomic E-state index is 13.1. The highest BCUT2D eigenvalue weighted by Gasteiger charge is 2.67. The molecule has 7 nitrogen and oxygen atoms in total. The normalized spacial score (nSPS) is 36.4. The molecule has 2 bridgehead atoms.